The van der Waals surface area contributed by atoms with Crippen LogP contribution < -0.4 is 4.57 Å². The summed E-state index contributed by atoms with van der Waals surface area (Å²) in [5, 5.41) is 1.54. The lowest BCUT2D eigenvalue weighted by molar-refractivity contribution is -0.633. The van der Waals surface area contributed by atoms with Gasteiger partial charge in [0.25, 0.3) is 5.82 Å². The Morgan fingerprint density at radius 3 is 2.07 bits per heavy atom. The molecule has 0 saturated carbocycles. The van der Waals surface area contributed by atoms with Gasteiger partial charge in [0.15, 0.2) is 27.8 Å². The summed E-state index contributed by atoms with van der Waals surface area (Å²) in [6, 6.07) is 28.3. The van der Waals surface area contributed by atoms with Crippen LogP contribution >= 0.6 is 0 Å². The minimum absolute atomic E-state index is 0.00139. The number of alkyl halides is 4. The third kappa shape index (κ3) is 4.62. The molecule has 3 unspecified atom stereocenters. The Kier molecular flexibility index (Phi) is 7.49. The van der Waals surface area contributed by atoms with Crippen LogP contribution in [0.25, 0.3) is 61.1 Å². The Bertz CT molecular complexity index is 2780. The molecule has 0 radical (unpaired) electrons. The molecule has 54 heavy (non-hydrogen) atoms. The smallest absolute Gasteiger partial charge is 0.396 e. The van der Waals surface area contributed by atoms with E-state index in [-0.39, 0.29) is 34.4 Å². The van der Waals surface area contributed by atoms with Crippen LogP contribution in [0.3, 0.4) is 0 Å². The maximum atomic E-state index is 16.4. The van der Waals surface area contributed by atoms with E-state index in [0.29, 0.717) is 16.7 Å². The molecule has 0 bridgehead atoms. The molecule has 5 nitrogen and oxygen atoms in total. The van der Waals surface area contributed by atoms with E-state index in [9.17, 15) is 13.2 Å². The molecule has 3 heterocycles. The van der Waals surface area contributed by atoms with E-state index in [1.165, 1.54) is 36.2 Å². The fraction of sp³-hybridized carbons (Fsp3) is 0.289. The van der Waals surface area contributed by atoms with E-state index in [1.807, 2.05) is 18.2 Å². The summed E-state index contributed by atoms with van der Waals surface area (Å²) in [5.41, 5.74) is 6.74. The van der Waals surface area contributed by atoms with Crippen molar-refractivity contribution in [3.05, 3.63) is 125 Å². The van der Waals surface area contributed by atoms with Crippen LogP contribution in [-0.2, 0) is 12.5 Å². The highest BCUT2D eigenvalue weighted by atomic mass is 19.4. The quantitative estimate of drug-likeness (QED) is 0.131. The first-order valence-electron chi connectivity index (χ1n) is 18.4. The van der Waals surface area contributed by atoms with E-state index in [4.69, 9.17) is 8.83 Å². The van der Waals surface area contributed by atoms with Gasteiger partial charge in [-0.25, -0.2) is 13.9 Å². The van der Waals surface area contributed by atoms with Crippen LogP contribution in [0.15, 0.2) is 99.8 Å². The number of aryl methyl sites for hydroxylation is 2. The topological polar surface area (TPSA) is 48.0 Å². The maximum absolute atomic E-state index is 16.4. The number of halogens is 4. The van der Waals surface area contributed by atoms with Crippen molar-refractivity contribution >= 4 is 44.1 Å². The summed E-state index contributed by atoms with van der Waals surface area (Å²) < 4.78 is 78.5. The molecule has 9 heteroatoms. The molecular weight excluding hydrogens is 691 g/mol. The van der Waals surface area contributed by atoms with Gasteiger partial charge >= 0.3 is 6.18 Å². The number of benzene rings is 5. The van der Waals surface area contributed by atoms with Crippen LogP contribution in [0.2, 0.25) is 0 Å². The number of hydrogen-bond donors (Lipinski definition) is 0. The first kappa shape index (κ1) is 34.3. The highest BCUT2D eigenvalue weighted by Gasteiger charge is 2.64. The Morgan fingerprint density at radius 1 is 0.759 bits per heavy atom. The Morgan fingerprint density at radius 2 is 1.39 bits per heavy atom. The molecule has 1 aliphatic rings. The number of para-hydroxylation sites is 3. The van der Waals surface area contributed by atoms with E-state index in [2.05, 4.69) is 98.2 Å². The molecule has 0 N–H and O–H groups in total. The lowest BCUT2D eigenvalue weighted by Crippen LogP contribution is -2.38. The van der Waals surface area contributed by atoms with Gasteiger partial charge in [0.05, 0.1) is 18.4 Å². The number of fused-ring (bicyclic) bond motifs is 7. The zero-order valence-corrected chi connectivity index (χ0v) is 31.1. The maximum Gasteiger partial charge on any atom is 0.396 e. The lowest BCUT2D eigenvalue weighted by atomic mass is 9.76. The summed E-state index contributed by atoms with van der Waals surface area (Å²) in [4.78, 5) is 4.56. The third-order valence-corrected chi connectivity index (χ3v) is 11.7. The molecule has 0 aliphatic heterocycles. The van der Waals surface area contributed by atoms with Gasteiger partial charge in [-0.2, -0.15) is 17.7 Å². The summed E-state index contributed by atoms with van der Waals surface area (Å²) in [5.74, 6) is -1.05. The Hall–Kier alpha value is -5.44. The molecule has 9 rings (SSSR count). The molecule has 8 aromatic rings. The number of imidazole rings is 1. The van der Waals surface area contributed by atoms with Crippen molar-refractivity contribution in [2.45, 2.75) is 77.1 Å². The van der Waals surface area contributed by atoms with Crippen molar-refractivity contribution in [1.82, 2.24) is 9.55 Å². The fourth-order valence-electron chi connectivity index (χ4n) is 9.03. The normalized spacial score (nSPS) is 19.1. The summed E-state index contributed by atoms with van der Waals surface area (Å²) in [6.07, 6.45) is -6.73. The first-order valence-corrected chi connectivity index (χ1v) is 18.4. The van der Waals surface area contributed by atoms with E-state index >= 15 is 4.39 Å². The molecule has 5 aromatic carbocycles. The zero-order valence-electron chi connectivity index (χ0n) is 31.1. The van der Waals surface area contributed by atoms with Crippen molar-refractivity contribution < 1.29 is 31.0 Å². The van der Waals surface area contributed by atoms with Crippen molar-refractivity contribution in [1.29, 1.82) is 0 Å². The van der Waals surface area contributed by atoms with Gasteiger partial charge in [-0.1, -0.05) is 94.4 Å². The zero-order chi connectivity index (χ0) is 38.0. The van der Waals surface area contributed by atoms with Crippen molar-refractivity contribution in [2.24, 2.45) is 7.05 Å². The van der Waals surface area contributed by atoms with Gasteiger partial charge in [-0.05, 0) is 66.6 Å². The molecule has 0 amide bonds. The SMILES string of the molecule is Cc1ccc2c(oc3c2ccc2nc(C4(C)C(F)c5ccccc5C4C(F)(F)F)oc23)c1-c1n(-c2c(C(C)C)cccc2C(C)C)c2ccccc2[n+]1C. The Labute approximate surface area is 309 Å². The van der Waals surface area contributed by atoms with Crippen LogP contribution in [-0.4, -0.2) is 15.7 Å². The minimum atomic E-state index is -4.74. The molecule has 0 saturated heterocycles. The predicted octanol–water partition coefficient (Wildman–Crippen LogP) is 12.3. The number of oxazole rings is 1. The monoisotopic (exact) mass is 730 g/mol. The van der Waals surface area contributed by atoms with Gasteiger partial charge in [-0.15, -0.1) is 0 Å². The molecule has 1 aliphatic carbocycles. The van der Waals surface area contributed by atoms with Crippen LogP contribution in [0, 0.1) is 6.92 Å². The second-order valence-electron chi connectivity index (χ2n) is 15.6. The van der Waals surface area contributed by atoms with Gasteiger partial charge in [0.1, 0.15) is 22.9 Å². The lowest BCUT2D eigenvalue weighted by Gasteiger charge is -2.31. The Balaban J connectivity index is 1.33. The van der Waals surface area contributed by atoms with Gasteiger partial charge in [-0.3, -0.25) is 0 Å². The highest BCUT2D eigenvalue weighted by molar-refractivity contribution is 6.15. The molecular formula is C45H40F4N3O2+. The van der Waals surface area contributed by atoms with Gasteiger partial charge in [0, 0.05) is 21.9 Å². The highest BCUT2D eigenvalue weighted by Crippen LogP contribution is 2.62. The number of rotatable bonds is 5. The fourth-order valence-corrected chi connectivity index (χ4v) is 9.03. The van der Waals surface area contributed by atoms with Crippen molar-refractivity contribution in [2.75, 3.05) is 0 Å². The average Bonchev–Trinajstić information content (AvgIpc) is 3.87. The van der Waals surface area contributed by atoms with E-state index in [1.54, 1.807) is 12.1 Å². The van der Waals surface area contributed by atoms with Crippen molar-refractivity contribution in [3.63, 3.8) is 0 Å². The molecule has 0 spiro atoms. The van der Waals surface area contributed by atoms with Crippen molar-refractivity contribution in [3.8, 4) is 17.1 Å². The minimum Gasteiger partial charge on any atom is -0.451 e. The van der Waals surface area contributed by atoms with E-state index < -0.39 is 23.7 Å². The van der Waals surface area contributed by atoms with Crippen LogP contribution in [0.5, 0.6) is 0 Å². The number of furan rings is 1. The molecule has 3 atom stereocenters. The number of aromatic nitrogens is 3. The standard InChI is InChI=1S/C45H40F4N3O2/c1-23(2)26-15-12-16-27(24(3)4)36(26)52-34-18-11-10-17-33(34)51(7)42(52)35-25(5)19-20-28-29-21-22-32-39(38(29)53-37(28)35)54-43(50-32)44(6)40(45(47,48)49)30-13-8-9-14-31(30)41(44)46/h8-24,40-41H,1-7H3/q+1. The average molecular weight is 731 g/mol. The van der Waals surface area contributed by atoms with Crippen LogP contribution in [0.1, 0.15) is 92.3 Å². The van der Waals surface area contributed by atoms with E-state index in [0.717, 1.165) is 44.4 Å². The van der Waals surface area contributed by atoms with Gasteiger partial charge in [0.2, 0.25) is 5.89 Å². The second-order valence-corrected chi connectivity index (χ2v) is 15.6. The summed E-state index contributed by atoms with van der Waals surface area (Å²) in [7, 11) is 2.06. The number of nitrogens with zero attached hydrogens (tertiary/aromatic N) is 3. The summed E-state index contributed by atoms with van der Waals surface area (Å²) in [6.45, 7) is 12.2. The molecule has 274 valence electrons. The van der Waals surface area contributed by atoms with Crippen LogP contribution in [0.4, 0.5) is 17.6 Å². The van der Waals surface area contributed by atoms with Gasteiger partial charge < -0.3 is 8.83 Å². The third-order valence-electron chi connectivity index (χ3n) is 11.7. The largest absolute Gasteiger partial charge is 0.451 e. The second kappa shape index (κ2) is 11.8. The summed E-state index contributed by atoms with van der Waals surface area (Å²) >= 11 is 0. The molecule has 3 aromatic heterocycles. The number of hydrogen-bond acceptors (Lipinski definition) is 3. The molecule has 0 fully saturated rings. The first-order chi connectivity index (χ1) is 25.7. The predicted molar refractivity (Wildman–Crippen MR) is 204 cm³/mol.